The van der Waals surface area contributed by atoms with Gasteiger partial charge >= 0.3 is 0 Å². The molecular formula is C27H23FN6O. The first-order valence-corrected chi connectivity index (χ1v) is 11.6. The minimum absolute atomic E-state index is 0.163. The summed E-state index contributed by atoms with van der Waals surface area (Å²) in [5, 5.41) is 4.18. The molecule has 0 spiro atoms. The zero-order valence-corrected chi connectivity index (χ0v) is 18.9. The summed E-state index contributed by atoms with van der Waals surface area (Å²) in [6, 6.07) is 18.7. The molecule has 3 aromatic rings. The summed E-state index contributed by atoms with van der Waals surface area (Å²) in [7, 11) is 0. The second-order valence-corrected chi connectivity index (χ2v) is 8.46. The van der Waals surface area contributed by atoms with E-state index in [0.717, 1.165) is 52.0 Å². The van der Waals surface area contributed by atoms with Gasteiger partial charge in [0.05, 0.1) is 45.7 Å². The zero-order valence-electron chi connectivity index (χ0n) is 18.9. The highest BCUT2D eigenvalue weighted by molar-refractivity contribution is 5.84. The van der Waals surface area contributed by atoms with Crippen LogP contribution in [-0.2, 0) is 4.74 Å². The first kappa shape index (κ1) is 21.4. The smallest absolute Gasteiger partial charge is 0.148 e. The molecule has 3 heterocycles. The SMILES string of the molecule is Fc1ccc(-n2c3cc(=NC4CCOCC4)c(Nc4cnccn4)cc-3nc3ccccc32)cc1. The summed E-state index contributed by atoms with van der Waals surface area (Å²) in [6.07, 6.45) is 6.70. The van der Waals surface area contributed by atoms with Crippen LogP contribution in [0.15, 0.2) is 84.2 Å². The van der Waals surface area contributed by atoms with Crippen LogP contribution in [-0.4, -0.2) is 38.8 Å². The van der Waals surface area contributed by atoms with Crippen LogP contribution in [0, 0.1) is 5.82 Å². The fourth-order valence-electron chi connectivity index (χ4n) is 4.43. The number of benzene rings is 3. The molecule has 8 heteroatoms. The molecule has 2 aromatic carbocycles. The van der Waals surface area contributed by atoms with Gasteiger partial charge in [-0.05, 0) is 61.4 Å². The molecule has 1 aliphatic carbocycles. The highest BCUT2D eigenvalue weighted by Crippen LogP contribution is 2.30. The Kier molecular flexibility index (Phi) is 5.64. The molecule has 1 saturated heterocycles. The molecule has 6 rings (SSSR count). The molecule has 0 saturated carbocycles. The van der Waals surface area contributed by atoms with E-state index in [2.05, 4.69) is 19.9 Å². The van der Waals surface area contributed by atoms with Crippen molar-refractivity contribution in [3.63, 3.8) is 0 Å². The van der Waals surface area contributed by atoms with Gasteiger partial charge in [-0.15, -0.1) is 0 Å². The van der Waals surface area contributed by atoms with E-state index in [-0.39, 0.29) is 11.9 Å². The number of hydrogen-bond acceptors (Lipinski definition) is 6. The number of nitrogens with one attached hydrogen (secondary N) is 1. The maximum Gasteiger partial charge on any atom is 0.148 e. The van der Waals surface area contributed by atoms with E-state index in [1.165, 1.54) is 12.1 Å². The maximum absolute atomic E-state index is 13.7. The first-order chi connectivity index (χ1) is 17.2. The molecule has 0 atom stereocenters. The van der Waals surface area contributed by atoms with E-state index in [1.54, 1.807) is 30.7 Å². The molecule has 1 N–H and O–H groups in total. The van der Waals surface area contributed by atoms with Crippen LogP contribution in [0.2, 0.25) is 0 Å². The molecule has 35 heavy (non-hydrogen) atoms. The number of para-hydroxylation sites is 2. The van der Waals surface area contributed by atoms with E-state index in [4.69, 9.17) is 14.7 Å². The molecule has 1 aromatic heterocycles. The minimum atomic E-state index is -0.275. The van der Waals surface area contributed by atoms with Gasteiger partial charge in [0.15, 0.2) is 0 Å². The van der Waals surface area contributed by atoms with E-state index < -0.39 is 0 Å². The monoisotopic (exact) mass is 466 g/mol. The number of anilines is 2. The fourth-order valence-corrected chi connectivity index (χ4v) is 4.43. The third-order valence-corrected chi connectivity index (χ3v) is 6.12. The topological polar surface area (TPSA) is 77.2 Å². The Bertz CT molecular complexity index is 1510. The van der Waals surface area contributed by atoms with Gasteiger partial charge in [-0.1, -0.05) is 12.1 Å². The van der Waals surface area contributed by atoms with Crippen LogP contribution in [0.4, 0.5) is 15.9 Å². The quantitative estimate of drug-likeness (QED) is 0.382. The Hall–Kier alpha value is -4.17. The number of rotatable bonds is 4. The van der Waals surface area contributed by atoms with Crippen LogP contribution in [0.5, 0.6) is 0 Å². The lowest BCUT2D eigenvalue weighted by molar-refractivity contribution is 0.0864. The molecule has 1 fully saturated rings. The van der Waals surface area contributed by atoms with E-state index >= 15 is 0 Å². The van der Waals surface area contributed by atoms with Crippen molar-refractivity contribution in [1.29, 1.82) is 0 Å². The summed E-state index contributed by atoms with van der Waals surface area (Å²) in [5.41, 5.74) is 5.08. The number of nitrogens with zero attached hydrogens (tertiary/aromatic N) is 5. The third-order valence-electron chi connectivity index (χ3n) is 6.12. The van der Waals surface area contributed by atoms with E-state index in [9.17, 15) is 4.39 Å². The summed E-state index contributed by atoms with van der Waals surface area (Å²) in [4.78, 5) is 18.6. The second kappa shape index (κ2) is 9.23. The Balaban J connectivity index is 1.62. The maximum atomic E-state index is 13.7. The number of halogens is 1. The van der Waals surface area contributed by atoms with Crippen LogP contribution >= 0.6 is 0 Å². The van der Waals surface area contributed by atoms with Crippen molar-refractivity contribution in [2.24, 2.45) is 4.99 Å². The highest BCUT2D eigenvalue weighted by Gasteiger charge is 2.18. The zero-order chi connectivity index (χ0) is 23.6. The van der Waals surface area contributed by atoms with Gasteiger partial charge in [0, 0.05) is 31.3 Å². The van der Waals surface area contributed by atoms with Crippen LogP contribution in [0.1, 0.15) is 12.8 Å². The van der Waals surface area contributed by atoms with Crippen molar-refractivity contribution >= 4 is 22.5 Å². The molecule has 174 valence electrons. The van der Waals surface area contributed by atoms with Crippen LogP contribution in [0.3, 0.4) is 0 Å². The number of ether oxygens (including phenoxy) is 1. The first-order valence-electron chi connectivity index (χ1n) is 11.6. The van der Waals surface area contributed by atoms with Gasteiger partial charge in [-0.25, -0.2) is 14.4 Å². The summed E-state index contributed by atoms with van der Waals surface area (Å²) < 4.78 is 21.4. The van der Waals surface area contributed by atoms with Crippen LogP contribution in [0.25, 0.3) is 28.1 Å². The standard InChI is InChI=1S/C27H23FN6O/c28-18-5-7-20(8-6-18)34-25-4-2-1-3-21(25)32-24-15-22(33-27-17-29-11-12-30-27)23(16-26(24)34)31-19-9-13-35-14-10-19/h1-8,11-12,15-17,19H,9-10,13-14H2,(H,30,33). The van der Waals surface area contributed by atoms with Crippen molar-refractivity contribution in [2.45, 2.75) is 18.9 Å². The van der Waals surface area contributed by atoms with Gasteiger partial charge in [-0.3, -0.25) is 9.98 Å². The van der Waals surface area contributed by atoms with Crippen molar-refractivity contribution in [3.8, 4) is 17.1 Å². The Morgan fingerprint density at radius 1 is 1.00 bits per heavy atom. The van der Waals surface area contributed by atoms with E-state index in [1.807, 2.05) is 36.4 Å². The lowest BCUT2D eigenvalue weighted by Crippen LogP contribution is -2.23. The molecule has 0 amide bonds. The molecule has 2 aliphatic heterocycles. The third kappa shape index (κ3) is 4.36. The van der Waals surface area contributed by atoms with Gasteiger partial charge in [0.25, 0.3) is 0 Å². The number of fused-ring (bicyclic) bond motifs is 2. The lowest BCUT2D eigenvalue weighted by atomic mass is 10.1. The Morgan fingerprint density at radius 2 is 1.83 bits per heavy atom. The predicted octanol–water partition coefficient (Wildman–Crippen LogP) is 4.88. The van der Waals surface area contributed by atoms with Crippen molar-refractivity contribution in [2.75, 3.05) is 18.5 Å². The van der Waals surface area contributed by atoms with Gasteiger partial charge in [0.2, 0.25) is 0 Å². The number of hydrogen-bond donors (Lipinski definition) is 1. The van der Waals surface area contributed by atoms with Gasteiger partial charge in [0.1, 0.15) is 11.6 Å². The van der Waals surface area contributed by atoms with Crippen molar-refractivity contribution < 1.29 is 9.13 Å². The molecule has 7 nitrogen and oxygen atoms in total. The highest BCUT2D eigenvalue weighted by atomic mass is 19.1. The Labute approximate surface area is 201 Å². The van der Waals surface area contributed by atoms with Crippen molar-refractivity contribution in [3.05, 3.63) is 90.4 Å². The summed E-state index contributed by atoms with van der Waals surface area (Å²) >= 11 is 0. The predicted molar refractivity (Wildman–Crippen MR) is 132 cm³/mol. The molecule has 0 radical (unpaired) electrons. The normalized spacial score (nSPS) is 15.1. The van der Waals surface area contributed by atoms with Gasteiger partial charge in [-0.2, -0.15) is 0 Å². The summed E-state index contributed by atoms with van der Waals surface area (Å²) in [6.45, 7) is 1.41. The minimum Gasteiger partial charge on any atom is -0.381 e. The lowest BCUT2D eigenvalue weighted by Gasteiger charge is -2.21. The average molecular weight is 467 g/mol. The summed E-state index contributed by atoms with van der Waals surface area (Å²) in [5.74, 6) is 0.352. The molecular weight excluding hydrogens is 443 g/mol. The van der Waals surface area contributed by atoms with Crippen molar-refractivity contribution in [1.82, 2.24) is 19.5 Å². The number of aromatic nitrogens is 4. The van der Waals surface area contributed by atoms with Crippen LogP contribution < -0.4 is 10.7 Å². The molecule has 0 bridgehead atoms. The second-order valence-electron chi connectivity index (χ2n) is 8.46. The Morgan fingerprint density at radius 3 is 2.63 bits per heavy atom. The molecule has 0 unspecified atom stereocenters. The molecule has 3 aliphatic rings. The fraction of sp³-hybridized carbons (Fsp3) is 0.185. The average Bonchev–Trinajstić information content (AvgIpc) is 2.90. The van der Waals surface area contributed by atoms with E-state index in [0.29, 0.717) is 19.0 Å². The largest absolute Gasteiger partial charge is 0.381 e. The van der Waals surface area contributed by atoms with Gasteiger partial charge < -0.3 is 14.6 Å².